The molecule has 0 N–H and O–H groups in total. The molecule has 0 bridgehead atoms. The van der Waals surface area contributed by atoms with Crippen LogP contribution in [-0.4, -0.2) is 19.4 Å². The Balaban J connectivity index is 2.55. The van der Waals surface area contributed by atoms with Crippen molar-refractivity contribution in [3.8, 4) is 11.3 Å². The first-order valence-electron chi connectivity index (χ1n) is 5.09. The molecule has 1 aromatic heterocycles. The van der Waals surface area contributed by atoms with Gasteiger partial charge in [0.2, 0.25) is 0 Å². The molecule has 5 heteroatoms. The lowest BCUT2D eigenvalue weighted by Gasteiger charge is -2.05. The molecule has 0 fully saturated rings. The maximum Gasteiger partial charge on any atom is 0.338 e. The molecule has 0 unspecified atom stereocenters. The molecule has 1 heterocycles. The van der Waals surface area contributed by atoms with Crippen molar-refractivity contribution in [2.45, 2.75) is 0 Å². The quantitative estimate of drug-likeness (QED) is 0.631. The Morgan fingerprint density at radius 2 is 2.11 bits per heavy atom. The van der Waals surface area contributed by atoms with Crippen LogP contribution < -0.4 is 0 Å². The fraction of sp³-hybridized carbons (Fsp3) is 0.0769. The Labute approximate surface area is 108 Å². The standard InChI is InChI=1S/C13H9ClO4/c1-17-13(16)11-6-8(14)2-4-10(11)12-5-3-9(7-15)18-12/h2-7H,1H3. The van der Waals surface area contributed by atoms with Crippen LogP contribution in [0.1, 0.15) is 20.9 Å². The molecule has 2 aromatic rings. The first-order chi connectivity index (χ1) is 8.65. The number of rotatable bonds is 3. The van der Waals surface area contributed by atoms with Crippen LogP contribution in [0.25, 0.3) is 11.3 Å². The van der Waals surface area contributed by atoms with Crippen LogP contribution in [0.5, 0.6) is 0 Å². The molecule has 0 aliphatic heterocycles. The lowest BCUT2D eigenvalue weighted by molar-refractivity contribution is 0.0601. The minimum atomic E-state index is -0.517. The second kappa shape index (κ2) is 5.06. The number of carbonyl (C=O) groups excluding carboxylic acids is 2. The van der Waals surface area contributed by atoms with E-state index in [9.17, 15) is 9.59 Å². The maximum atomic E-state index is 11.6. The molecule has 0 amide bonds. The predicted molar refractivity (Wildman–Crippen MR) is 65.9 cm³/mol. The van der Waals surface area contributed by atoms with Crippen LogP contribution in [0.4, 0.5) is 0 Å². The van der Waals surface area contributed by atoms with E-state index in [1.54, 1.807) is 18.2 Å². The predicted octanol–water partition coefficient (Wildman–Crippen LogP) is 3.20. The topological polar surface area (TPSA) is 56.5 Å². The van der Waals surface area contributed by atoms with Crippen LogP contribution >= 0.6 is 11.6 Å². The largest absolute Gasteiger partial charge is 0.465 e. The minimum Gasteiger partial charge on any atom is -0.465 e. The van der Waals surface area contributed by atoms with Crippen LogP contribution in [0, 0.1) is 0 Å². The van der Waals surface area contributed by atoms with Crippen molar-refractivity contribution in [2.75, 3.05) is 7.11 Å². The number of benzene rings is 1. The third-order valence-corrected chi connectivity index (χ3v) is 2.63. The van der Waals surface area contributed by atoms with Gasteiger partial charge in [-0.1, -0.05) is 11.6 Å². The molecule has 0 atom stereocenters. The third kappa shape index (κ3) is 2.28. The number of ether oxygens (including phenoxy) is 1. The number of hydrogen-bond donors (Lipinski definition) is 0. The molecule has 0 radical (unpaired) electrons. The molecule has 0 aliphatic carbocycles. The Kier molecular flexibility index (Phi) is 3.48. The number of methoxy groups -OCH3 is 1. The van der Waals surface area contributed by atoms with E-state index in [-0.39, 0.29) is 11.3 Å². The van der Waals surface area contributed by atoms with Gasteiger partial charge in [-0.15, -0.1) is 0 Å². The molecular formula is C13H9ClO4. The number of furan rings is 1. The van der Waals surface area contributed by atoms with Gasteiger partial charge in [0.15, 0.2) is 12.0 Å². The first kappa shape index (κ1) is 12.4. The van der Waals surface area contributed by atoms with E-state index >= 15 is 0 Å². The van der Waals surface area contributed by atoms with Crippen molar-refractivity contribution in [2.24, 2.45) is 0 Å². The van der Waals surface area contributed by atoms with E-state index in [0.29, 0.717) is 22.6 Å². The van der Waals surface area contributed by atoms with E-state index < -0.39 is 5.97 Å². The van der Waals surface area contributed by atoms with Gasteiger partial charge in [-0.3, -0.25) is 4.79 Å². The van der Waals surface area contributed by atoms with Crippen molar-refractivity contribution in [1.82, 2.24) is 0 Å². The Morgan fingerprint density at radius 1 is 1.33 bits per heavy atom. The molecule has 1 aromatic carbocycles. The van der Waals surface area contributed by atoms with Gasteiger partial charge < -0.3 is 9.15 Å². The molecule has 4 nitrogen and oxygen atoms in total. The summed E-state index contributed by atoms with van der Waals surface area (Å²) in [5.41, 5.74) is 0.816. The van der Waals surface area contributed by atoms with Gasteiger partial charge in [0.05, 0.1) is 12.7 Å². The second-order valence-electron chi connectivity index (χ2n) is 3.50. The number of hydrogen-bond acceptors (Lipinski definition) is 4. The van der Waals surface area contributed by atoms with Crippen LogP contribution in [-0.2, 0) is 4.74 Å². The van der Waals surface area contributed by atoms with Gasteiger partial charge in [0, 0.05) is 10.6 Å². The van der Waals surface area contributed by atoms with E-state index in [1.165, 1.54) is 19.2 Å². The summed E-state index contributed by atoms with van der Waals surface area (Å²) in [5, 5.41) is 0.418. The van der Waals surface area contributed by atoms with E-state index in [2.05, 4.69) is 4.74 Å². The van der Waals surface area contributed by atoms with E-state index in [0.717, 1.165) is 0 Å². The molecule has 2 rings (SSSR count). The van der Waals surface area contributed by atoms with Gasteiger partial charge in [0.25, 0.3) is 0 Å². The SMILES string of the molecule is COC(=O)c1cc(Cl)ccc1-c1ccc(C=O)o1. The van der Waals surface area contributed by atoms with Crippen molar-refractivity contribution >= 4 is 23.9 Å². The van der Waals surface area contributed by atoms with Crippen LogP contribution in [0.2, 0.25) is 5.02 Å². The molecule has 92 valence electrons. The number of esters is 1. The zero-order chi connectivity index (χ0) is 13.1. The minimum absolute atomic E-state index is 0.191. The smallest absolute Gasteiger partial charge is 0.338 e. The first-order valence-corrected chi connectivity index (χ1v) is 5.46. The van der Waals surface area contributed by atoms with Gasteiger partial charge in [-0.2, -0.15) is 0 Å². The Morgan fingerprint density at radius 3 is 2.72 bits per heavy atom. The Hall–Kier alpha value is -2.07. The van der Waals surface area contributed by atoms with Gasteiger partial charge >= 0.3 is 5.97 Å². The normalized spacial score (nSPS) is 10.1. The summed E-state index contributed by atoms with van der Waals surface area (Å²) in [6, 6.07) is 7.90. The monoisotopic (exact) mass is 264 g/mol. The fourth-order valence-corrected chi connectivity index (χ4v) is 1.74. The second-order valence-corrected chi connectivity index (χ2v) is 3.94. The Bertz CT molecular complexity index is 601. The summed E-state index contributed by atoms with van der Waals surface area (Å²) in [6.07, 6.45) is 0.594. The van der Waals surface area contributed by atoms with Gasteiger partial charge in [-0.05, 0) is 30.3 Å². The van der Waals surface area contributed by atoms with Gasteiger partial charge in [0.1, 0.15) is 5.76 Å². The van der Waals surface area contributed by atoms with Crippen LogP contribution in [0.15, 0.2) is 34.7 Å². The highest BCUT2D eigenvalue weighted by Gasteiger charge is 2.16. The van der Waals surface area contributed by atoms with Crippen molar-refractivity contribution in [3.63, 3.8) is 0 Å². The molecule has 0 saturated heterocycles. The zero-order valence-electron chi connectivity index (χ0n) is 9.48. The number of carbonyl (C=O) groups is 2. The maximum absolute atomic E-state index is 11.6. The summed E-state index contributed by atoms with van der Waals surface area (Å²) < 4.78 is 9.95. The number of halogens is 1. The highest BCUT2D eigenvalue weighted by molar-refractivity contribution is 6.31. The molecule has 18 heavy (non-hydrogen) atoms. The van der Waals surface area contributed by atoms with E-state index in [4.69, 9.17) is 16.0 Å². The molecule has 0 aliphatic rings. The van der Waals surface area contributed by atoms with Crippen LogP contribution in [0.3, 0.4) is 0 Å². The van der Waals surface area contributed by atoms with Crippen molar-refractivity contribution < 1.29 is 18.7 Å². The lowest BCUT2D eigenvalue weighted by atomic mass is 10.1. The summed E-state index contributed by atoms with van der Waals surface area (Å²) in [5.74, 6) is 0.0847. The highest BCUT2D eigenvalue weighted by atomic mass is 35.5. The molecule has 0 spiro atoms. The highest BCUT2D eigenvalue weighted by Crippen LogP contribution is 2.28. The van der Waals surface area contributed by atoms with Crippen molar-refractivity contribution in [3.05, 3.63) is 46.7 Å². The summed E-state index contributed by atoms with van der Waals surface area (Å²) in [4.78, 5) is 22.2. The zero-order valence-corrected chi connectivity index (χ0v) is 10.2. The average Bonchev–Trinajstić information content (AvgIpc) is 2.86. The number of aldehydes is 1. The third-order valence-electron chi connectivity index (χ3n) is 2.40. The summed E-state index contributed by atoms with van der Waals surface area (Å²) in [6.45, 7) is 0. The average molecular weight is 265 g/mol. The van der Waals surface area contributed by atoms with Crippen molar-refractivity contribution in [1.29, 1.82) is 0 Å². The molecule has 0 saturated carbocycles. The summed E-state index contributed by atoms with van der Waals surface area (Å²) in [7, 11) is 1.28. The molecular weight excluding hydrogens is 256 g/mol. The lowest BCUT2D eigenvalue weighted by Crippen LogP contribution is -2.03. The van der Waals surface area contributed by atoms with Gasteiger partial charge in [-0.25, -0.2) is 4.79 Å². The van der Waals surface area contributed by atoms with E-state index in [1.807, 2.05) is 0 Å². The fourth-order valence-electron chi connectivity index (χ4n) is 1.57. The summed E-state index contributed by atoms with van der Waals surface area (Å²) >= 11 is 5.84.